The largest absolute Gasteiger partial charge is 0.383 e. The molecule has 0 atom stereocenters. The Kier molecular flexibility index (Phi) is 3.27. The lowest BCUT2D eigenvalue weighted by atomic mass is 10.2. The van der Waals surface area contributed by atoms with Crippen molar-refractivity contribution in [3.63, 3.8) is 0 Å². The number of rotatable bonds is 3. The first-order valence-electron chi connectivity index (χ1n) is 6.57. The third-order valence-electron chi connectivity index (χ3n) is 3.11. The Morgan fingerprint density at radius 2 is 2.10 bits per heavy atom. The molecule has 0 saturated carbocycles. The van der Waals surface area contributed by atoms with Gasteiger partial charge in [0, 0.05) is 36.3 Å². The molecule has 3 rings (SSSR count). The summed E-state index contributed by atoms with van der Waals surface area (Å²) in [5.74, 6) is 0.902. The van der Waals surface area contributed by atoms with Crippen molar-refractivity contribution in [1.29, 1.82) is 0 Å². The molecule has 0 spiro atoms. The van der Waals surface area contributed by atoms with E-state index < -0.39 is 0 Å². The van der Waals surface area contributed by atoms with Gasteiger partial charge in [-0.25, -0.2) is 4.98 Å². The average molecular weight is 280 g/mol. The van der Waals surface area contributed by atoms with Crippen LogP contribution >= 0.6 is 0 Å². The highest BCUT2D eigenvalue weighted by Gasteiger charge is 2.08. The Hall–Kier alpha value is -2.89. The maximum atomic E-state index is 6.02. The van der Waals surface area contributed by atoms with Gasteiger partial charge in [0.1, 0.15) is 5.82 Å². The summed E-state index contributed by atoms with van der Waals surface area (Å²) in [6.45, 7) is 2.03. The Bertz CT molecular complexity index is 777. The molecule has 0 unspecified atom stereocenters. The number of anilines is 3. The Labute approximate surface area is 122 Å². The predicted molar refractivity (Wildman–Crippen MR) is 83.1 cm³/mol. The summed E-state index contributed by atoms with van der Waals surface area (Å²) in [5, 5.41) is 7.27. The summed E-state index contributed by atoms with van der Waals surface area (Å²) in [6.07, 6.45) is 5.32. The van der Waals surface area contributed by atoms with Gasteiger partial charge in [-0.2, -0.15) is 10.1 Å². The summed E-state index contributed by atoms with van der Waals surface area (Å²) < 4.78 is 1.72. The molecule has 21 heavy (non-hydrogen) atoms. The minimum absolute atomic E-state index is 0.424. The lowest BCUT2D eigenvalue weighted by Gasteiger charge is -2.08. The van der Waals surface area contributed by atoms with Gasteiger partial charge in [-0.15, -0.1) is 0 Å². The summed E-state index contributed by atoms with van der Waals surface area (Å²) in [4.78, 5) is 8.61. The molecule has 0 radical (unpaired) electrons. The summed E-state index contributed by atoms with van der Waals surface area (Å²) in [7, 11) is 1.86. The first kappa shape index (κ1) is 13.1. The lowest BCUT2D eigenvalue weighted by Crippen LogP contribution is -2.02. The van der Waals surface area contributed by atoms with Gasteiger partial charge < -0.3 is 11.1 Å². The van der Waals surface area contributed by atoms with Crippen molar-refractivity contribution < 1.29 is 0 Å². The van der Waals surface area contributed by atoms with E-state index in [4.69, 9.17) is 5.73 Å². The molecular weight excluding hydrogens is 264 g/mol. The van der Waals surface area contributed by atoms with E-state index in [1.54, 1.807) is 17.1 Å². The molecule has 3 N–H and O–H groups in total. The van der Waals surface area contributed by atoms with Crippen LogP contribution in [0, 0.1) is 6.92 Å². The topological polar surface area (TPSA) is 81.7 Å². The summed E-state index contributed by atoms with van der Waals surface area (Å²) in [5.41, 5.74) is 9.79. The second-order valence-electron chi connectivity index (χ2n) is 4.89. The van der Waals surface area contributed by atoms with Crippen molar-refractivity contribution in [2.24, 2.45) is 7.05 Å². The minimum Gasteiger partial charge on any atom is -0.383 e. The Morgan fingerprint density at radius 1 is 1.24 bits per heavy atom. The van der Waals surface area contributed by atoms with E-state index in [1.165, 1.54) is 5.56 Å². The number of hydrogen-bond donors (Lipinski definition) is 2. The molecule has 3 aromatic rings. The van der Waals surface area contributed by atoms with Crippen LogP contribution in [0.25, 0.3) is 11.1 Å². The van der Waals surface area contributed by atoms with Crippen molar-refractivity contribution in [3.05, 3.63) is 48.4 Å². The van der Waals surface area contributed by atoms with E-state index in [9.17, 15) is 0 Å². The van der Waals surface area contributed by atoms with Crippen LogP contribution in [0.3, 0.4) is 0 Å². The van der Waals surface area contributed by atoms with Gasteiger partial charge in [0.25, 0.3) is 0 Å². The fourth-order valence-electron chi connectivity index (χ4n) is 2.09. The summed E-state index contributed by atoms with van der Waals surface area (Å²) >= 11 is 0. The molecule has 0 amide bonds. The number of benzene rings is 1. The van der Waals surface area contributed by atoms with Gasteiger partial charge in [-0.1, -0.05) is 12.1 Å². The Morgan fingerprint density at radius 3 is 2.76 bits per heavy atom. The number of aryl methyl sites for hydroxylation is 2. The quantitative estimate of drug-likeness (QED) is 0.770. The van der Waals surface area contributed by atoms with E-state index in [0.717, 1.165) is 16.8 Å². The molecule has 6 nitrogen and oxygen atoms in total. The smallest absolute Gasteiger partial charge is 0.229 e. The van der Waals surface area contributed by atoms with E-state index in [1.807, 2.05) is 44.4 Å². The van der Waals surface area contributed by atoms with Crippen LogP contribution < -0.4 is 11.1 Å². The zero-order valence-electron chi connectivity index (χ0n) is 11.9. The molecular formula is C15H16N6. The molecule has 6 heteroatoms. The zero-order valence-corrected chi connectivity index (χ0v) is 11.9. The molecule has 0 fully saturated rings. The normalized spacial score (nSPS) is 10.6. The molecule has 2 heterocycles. The molecule has 0 saturated heterocycles. The number of nitrogens with two attached hydrogens (primary N) is 1. The van der Waals surface area contributed by atoms with E-state index >= 15 is 0 Å². The average Bonchev–Trinajstić information content (AvgIpc) is 2.85. The standard InChI is InChI=1S/C15H16N6/c1-10-4-3-5-12(6-10)19-15-17-8-13(14(16)20-15)11-7-18-21(2)9-11/h3-9H,1-2H3,(H3,16,17,19,20). The maximum Gasteiger partial charge on any atom is 0.229 e. The molecule has 0 aliphatic carbocycles. The number of nitrogen functional groups attached to an aromatic ring is 1. The number of hydrogen-bond acceptors (Lipinski definition) is 5. The minimum atomic E-state index is 0.424. The van der Waals surface area contributed by atoms with Crippen LogP contribution in [0.4, 0.5) is 17.5 Å². The van der Waals surface area contributed by atoms with Gasteiger partial charge >= 0.3 is 0 Å². The van der Waals surface area contributed by atoms with Crippen LogP contribution in [-0.2, 0) is 7.05 Å². The second kappa shape index (κ2) is 5.24. The second-order valence-corrected chi connectivity index (χ2v) is 4.89. The number of nitrogens with one attached hydrogen (secondary N) is 1. The van der Waals surface area contributed by atoms with Gasteiger partial charge in [-0.3, -0.25) is 4.68 Å². The van der Waals surface area contributed by atoms with Crippen molar-refractivity contribution in [2.75, 3.05) is 11.1 Å². The predicted octanol–water partition coefficient (Wildman–Crippen LogP) is 2.51. The molecule has 1 aromatic carbocycles. The van der Waals surface area contributed by atoms with E-state index in [-0.39, 0.29) is 0 Å². The lowest BCUT2D eigenvalue weighted by molar-refractivity contribution is 0.768. The maximum absolute atomic E-state index is 6.02. The fraction of sp³-hybridized carbons (Fsp3) is 0.133. The first-order chi connectivity index (χ1) is 10.1. The van der Waals surface area contributed by atoms with Crippen molar-refractivity contribution in [3.8, 4) is 11.1 Å². The molecule has 2 aromatic heterocycles. The van der Waals surface area contributed by atoms with Crippen LogP contribution in [0.2, 0.25) is 0 Å². The van der Waals surface area contributed by atoms with Crippen molar-refractivity contribution in [1.82, 2.24) is 19.7 Å². The third-order valence-corrected chi connectivity index (χ3v) is 3.11. The fourth-order valence-corrected chi connectivity index (χ4v) is 2.09. The van der Waals surface area contributed by atoms with Crippen molar-refractivity contribution >= 4 is 17.5 Å². The summed E-state index contributed by atoms with van der Waals surface area (Å²) in [6, 6.07) is 7.99. The molecule has 106 valence electrons. The van der Waals surface area contributed by atoms with Gasteiger partial charge in [0.05, 0.1) is 6.20 Å². The highest BCUT2D eigenvalue weighted by molar-refractivity contribution is 5.73. The van der Waals surface area contributed by atoms with Gasteiger partial charge in [-0.05, 0) is 24.6 Å². The Balaban J connectivity index is 1.87. The highest BCUT2D eigenvalue weighted by Crippen LogP contribution is 2.24. The van der Waals surface area contributed by atoms with Crippen LogP contribution in [0.15, 0.2) is 42.9 Å². The number of aromatic nitrogens is 4. The monoisotopic (exact) mass is 280 g/mol. The van der Waals surface area contributed by atoms with Gasteiger partial charge in [0.15, 0.2) is 0 Å². The van der Waals surface area contributed by atoms with Crippen LogP contribution in [-0.4, -0.2) is 19.7 Å². The highest BCUT2D eigenvalue weighted by atomic mass is 15.2. The molecule has 0 bridgehead atoms. The van der Waals surface area contributed by atoms with Crippen LogP contribution in [0.1, 0.15) is 5.56 Å². The van der Waals surface area contributed by atoms with Crippen LogP contribution in [0.5, 0.6) is 0 Å². The van der Waals surface area contributed by atoms with E-state index in [2.05, 4.69) is 20.4 Å². The third kappa shape index (κ3) is 2.84. The zero-order chi connectivity index (χ0) is 14.8. The molecule has 0 aliphatic heterocycles. The number of nitrogens with zero attached hydrogens (tertiary/aromatic N) is 4. The SMILES string of the molecule is Cc1cccc(Nc2ncc(-c3cnn(C)c3)c(N)n2)c1. The van der Waals surface area contributed by atoms with Crippen molar-refractivity contribution in [2.45, 2.75) is 6.92 Å². The van der Waals surface area contributed by atoms with E-state index in [0.29, 0.717) is 11.8 Å². The first-order valence-corrected chi connectivity index (χ1v) is 6.57. The molecule has 0 aliphatic rings. The van der Waals surface area contributed by atoms with Gasteiger partial charge in [0.2, 0.25) is 5.95 Å².